The maximum atomic E-state index is 12.3. The molecule has 8 heteroatoms. The predicted molar refractivity (Wildman–Crippen MR) is 75.0 cm³/mol. The van der Waals surface area contributed by atoms with E-state index in [9.17, 15) is 8.42 Å². The third-order valence-corrected chi connectivity index (χ3v) is 4.52. The smallest absolute Gasteiger partial charge is 0.243 e. The van der Waals surface area contributed by atoms with Gasteiger partial charge in [0, 0.05) is 25.9 Å². The first kappa shape index (κ1) is 15.8. The average Bonchev–Trinajstić information content (AvgIpc) is 2.38. The van der Waals surface area contributed by atoms with Crippen molar-refractivity contribution in [3.8, 4) is 0 Å². The number of hydrogen-bond acceptors (Lipinski definition) is 6. The lowest BCUT2D eigenvalue weighted by atomic mass is 10.4. The Hall–Kier alpha value is -1.22. The third kappa shape index (κ3) is 4.43. The van der Waals surface area contributed by atoms with Crippen LogP contribution < -0.4 is 11.3 Å². The summed E-state index contributed by atoms with van der Waals surface area (Å²) < 4.78 is 25.9. The molecular weight excluding hydrogens is 266 g/mol. The van der Waals surface area contributed by atoms with Crippen LogP contribution in [0.25, 0.3) is 0 Å². The molecule has 7 nitrogen and oxygen atoms in total. The summed E-state index contributed by atoms with van der Waals surface area (Å²) in [6.07, 6.45) is 2.19. The van der Waals surface area contributed by atoms with Gasteiger partial charge >= 0.3 is 0 Å². The van der Waals surface area contributed by atoms with Crippen LogP contribution in [-0.2, 0) is 10.0 Å². The van der Waals surface area contributed by atoms with Crippen molar-refractivity contribution < 1.29 is 8.42 Å². The normalized spacial score (nSPS) is 12.1. The molecule has 1 aromatic heterocycles. The number of sulfonamides is 1. The standard InChI is InChI=1S/C11H21N5O2S/c1-15(2)7-4-8-16(3)19(17,18)10-5-6-13-11(9-10)14-12/h5-6,9H,4,7-8,12H2,1-3H3,(H,13,14). The van der Waals surface area contributed by atoms with Crippen LogP contribution in [0.3, 0.4) is 0 Å². The van der Waals surface area contributed by atoms with E-state index in [0.29, 0.717) is 12.4 Å². The quantitative estimate of drug-likeness (QED) is 0.539. The second-order valence-corrected chi connectivity index (χ2v) is 6.55. The third-order valence-electron chi connectivity index (χ3n) is 2.67. The van der Waals surface area contributed by atoms with Crippen LogP contribution in [0.2, 0.25) is 0 Å². The first-order chi connectivity index (χ1) is 8.87. The molecule has 0 atom stereocenters. The van der Waals surface area contributed by atoms with Crippen LogP contribution in [-0.4, -0.2) is 56.8 Å². The number of nitrogens with two attached hydrogens (primary N) is 1. The molecule has 0 amide bonds. The molecule has 0 bridgehead atoms. The largest absolute Gasteiger partial charge is 0.309 e. The average molecular weight is 287 g/mol. The molecule has 0 saturated heterocycles. The lowest BCUT2D eigenvalue weighted by Gasteiger charge is -2.18. The van der Waals surface area contributed by atoms with Crippen LogP contribution in [0.4, 0.5) is 5.82 Å². The van der Waals surface area contributed by atoms with Gasteiger partial charge in [-0.25, -0.2) is 23.5 Å². The van der Waals surface area contributed by atoms with Gasteiger partial charge in [0.1, 0.15) is 5.82 Å². The van der Waals surface area contributed by atoms with E-state index in [0.717, 1.165) is 13.0 Å². The van der Waals surface area contributed by atoms with Crippen molar-refractivity contribution in [1.29, 1.82) is 0 Å². The summed E-state index contributed by atoms with van der Waals surface area (Å²) >= 11 is 0. The van der Waals surface area contributed by atoms with E-state index in [1.54, 1.807) is 7.05 Å². The zero-order valence-electron chi connectivity index (χ0n) is 11.5. The maximum absolute atomic E-state index is 12.3. The number of nitrogen functional groups attached to an aromatic ring is 1. The van der Waals surface area contributed by atoms with Crippen molar-refractivity contribution in [1.82, 2.24) is 14.2 Å². The summed E-state index contributed by atoms with van der Waals surface area (Å²) in [5.74, 6) is 5.55. The van der Waals surface area contributed by atoms with E-state index in [2.05, 4.69) is 10.4 Å². The minimum atomic E-state index is -3.49. The molecule has 0 radical (unpaired) electrons. The van der Waals surface area contributed by atoms with Crippen molar-refractivity contribution in [2.24, 2.45) is 5.84 Å². The van der Waals surface area contributed by atoms with Crippen molar-refractivity contribution in [3.05, 3.63) is 18.3 Å². The van der Waals surface area contributed by atoms with Gasteiger partial charge in [-0.3, -0.25) is 0 Å². The number of nitrogens with zero attached hydrogens (tertiary/aromatic N) is 3. The van der Waals surface area contributed by atoms with E-state index in [4.69, 9.17) is 5.84 Å². The topological polar surface area (TPSA) is 91.6 Å². The lowest BCUT2D eigenvalue weighted by molar-refractivity contribution is 0.370. The minimum absolute atomic E-state index is 0.183. The van der Waals surface area contributed by atoms with Crippen LogP contribution in [0.1, 0.15) is 6.42 Å². The molecule has 0 fully saturated rings. The van der Waals surface area contributed by atoms with E-state index in [1.807, 2.05) is 19.0 Å². The summed E-state index contributed by atoms with van der Waals surface area (Å²) in [5.41, 5.74) is 2.34. The highest BCUT2D eigenvalue weighted by Crippen LogP contribution is 2.16. The SMILES string of the molecule is CN(C)CCCN(C)S(=O)(=O)c1ccnc(NN)c1. The molecule has 0 spiro atoms. The second kappa shape index (κ2) is 6.80. The van der Waals surface area contributed by atoms with Gasteiger partial charge in [-0.2, -0.15) is 0 Å². The summed E-state index contributed by atoms with van der Waals surface area (Å²) in [6.45, 7) is 1.31. The summed E-state index contributed by atoms with van der Waals surface area (Å²) in [5, 5.41) is 0. The number of aromatic nitrogens is 1. The predicted octanol–water partition coefficient (Wildman–Crippen LogP) is -0.0606. The minimum Gasteiger partial charge on any atom is -0.309 e. The van der Waals surface area contributed by atoms with Crippen molar-refractivity contribution in [2.75, 3.05) is 39.7 Å². The molecule has 19 heavy (non-hydrogen) atoms. The Morgan fingerprint density at radius 1 is 1.32 bits per heavy atom. The van der Waals surface area contributed by atoms with Gasteiger partial charge in [0.15, 0.2) is 0 Å². The van der Waals surface area contributed by atoms with Crippen molar-refractivity contribution in [3.63, 3.8) is 0 Å². The molecular formula is C11H21N5O2S. The lowest BCUT2D eigenvalue weighted by Crippen LogP contribution is -2.30. The highest BCUT2D eigenvalue weighted by atomic mass is 32.2. The van der Waals surface area contributed by atoms with Crippen LogP contribution in [0.5, 0.6) is 0 Å². The van der Waals surface area contributed by atoms with Crippen molar-refractivity contribution in [2.45, 2.75) is 11.3 Å². The Labute approximate surface area is 114 Å². The number of pyridine rings is 1. The molecule has 108 valence electrons. The van der Waals surface area contributed by atoms with E-state index in [1.165, 1.54) is 22.6 Å². The molecule has 0 aliphatic carbocycles. The Kier molecular flexibility index (Phi) is 5.67. The Balaban J connectivity index is 2.78. The molecule has 0 saturated carbocycles. The molecule has 0 aliphatic rings. The first-order valence-corrected chi connectivity index (χ1v) is 7.35. The van der Waals surface area contributed by atoms with E-state index < -0.39 is 10.0 Å². The molecule has 3 N–H and O–H groups in total. The Bertz CT molecular complexity index is 504. The fourth-order valence-corrected chi connectivity index (χ4v) is 2.78. The monoisotopic (exact) mass is 287 g/mol. The Morgan fingerprint density at radius 2 is 2.00 bits per heavy atom. The summed E-state index contributed by atoms with van der Waals surface area (Å²) in [6, 6.07) is 2.87. The zero-order valence-corrected chi connectivity index (χ0v) is 12.3. The summed E-state index contributed by atoms with van der Waals surface area (Å²) in [7, 11) is 1.99. The van der Waals surface area contributed by atoms with Crippen molar-refractivity contribution >= 4 is 15.8 Å². The second-order valence-electron chi connectivity index (χ2n) is 4.50. The van der Waals surface area contributed by atoms with E-state index in [-0.39, 0.29) is 4.90 Å². The van der Waals surface area contributed by atoms with Crippen LogP contribution in [0.15, 0.2) is 23.2 Å². The van der Waals surface area contributed by atoms with Gasteiger partial charge in [-0.05, 0) is 33.1 Å². The van der Waals surface area contributed by atoms with Crippen LogP contribution in [0, 0.1) is 0 Å². The van der Waals surface area contributed by atoms with Crippen LogP contribution >= 0.6 is 0 Å². The highest BCUT2D eigenvalue weighted by molar-refractivity contribution is 7.89. The highest BCUT2D eigenvalue weighted by Gasteiger charge is 2.20. The molecule has 1 rings (SSSR count). The molecule has 0 aromatic carbocycles. The fraction of sp³-hybridized carbons (Fsp3) is 0.545. The molecule has 1 aromatic rings. The Morgan fingerprint density at radius 3 is 2.58 bits per heavy atom. The number of nitrogens with one attached hydrogen (secondary N) is 1. The first-order valence-electron chi connectivity index (χ1n) is 5.91. The number of hydrazine groups is 1. The molecule has 0 unspecified atom stereocenters. The molecule has 0 aliphatic heterocycles. The molecule has 1 heterocycles. The van der Waals surface area contributed by atoms with Gasteiger partial charge in [-0.1, -0.05) is 0 Å². The maximum Gasteiger partial charge on any atom is 0.243 e. The fourth-order valence-electron chi connectivity index (χ4n) is 1.56. The van der Waals surface area contributed by atoms with Gasteiger partial charge in [0.2, 0.25) is 10.0 Å². The summed E-state index contributed by atoms with van der Waals surface area (Å²) in [4.78, 5) is 6.09. The van der Waals surface area contributed by atoms with Gasteiger partial charge in [0.25, 0.3) is 0 Å². The van der Waals surface area contributed by atoms with Gasteiger partial charge in [-0.15, -0.1) is 0 Å². The van der Waals surface area contributed by atoms with E-state index >= 15 is 0 Å². The van der Waals surface area contributed by atoms with Gasteiger partial charge < -0.3 is 10.3 Å². The van der Waals surface area contributed by atoms with Gasteiger partial charge in [0.05, 0.1) is 4.90 Å². The number of rotatable bonds is 7. The zero-order chi connectivity index (χ0) is 14.5. The number of anilines is 1. The number of hydrogen-bond donors (Lipinski definition) is 2.